The smallest absolute Gasteiger partial charge is 0.125 e. The van der Waals surface area contributed by atoms with Gasteiger partial charge >= 0.3 is 0 Å². The SMILES string of the molecule is Cc1nccc(CN2CC(c3ccccc3)NCC2C)n1. The average Bonchev–Trinajstić information content (AvgIpc) is 2.50. The van der Waals surface area contributed by atoms with Gasteiger partial charge in [-0.25, -0.2) is 9.97 Å². The van der Waals surface area contributed by atoms with Crippen molar-refractivity contribution in [2.45, 2.75) is 32.5 Å². The van der Waals surface area contributed by atoms with Crippen LogP contribution in [-0.4, -0.2) is 34.0 Å². The first-order valence-corrected chi connectivity index (χ1v) is 7.53. The van der Waals surface area contributed by atoms with E-state index in [-0.39, 0.29) is 0 Å². The summed E-state index contributed by atoms with van der Waals surface area (Å²) < 4.78 is 0. The van der Waals surface area contributed by atoms with Crippen molar-refractivity contribution < 1.29 is 0 Å². The first-order valence-electron chi connectivity index (χ1n) is 7.53. The van der Waals surface area contributed by atoms with Gasteiger partial charge in [0.25, 0.3) is 0 Å². The molecule has 2 heterocycles. The third kappa shape index (κ3) is 3.46. The van der Waals surface area contributed by atoms with Crippen LogP contribution in [0.5, 0.6) is 0 Å². The largest absolute Gasteiger partial charge is 0.307 e. The molecule has 3 rings (SSSR count). The van der Waals surface area contributed by atoms with Gasteiger partial charge in [-0.2, -0.15) is 0 Å². The third-order valence-electron chi connectivity index (χ3n) is 4.10. The molecule has 21 heavy (non-hydrogen) atoms. The molecule has 4 nitrogen and oxygen atoms in total. The normalized spacial score (nSPS) is 23.1. The molecule has 2 aromatic rings. The van der Waals surface area contributed by atoms with Gasteiger partial charge in [0.05, 0.1) is 5.69 Å². The number of benzene rings is 1. The lowest BCUT2D eigenvalue weighted by atomic mass is 10.0. The molecule has 4 heteroatoms. The zero-order valence-electron chi connectivity index (χ0n) is 12.7. The summed E-state index contributed by atoms with van der Waals surface area (Å²) in [5.74, 6) is 0.842. The quantitative estimate of drug-likeness (QED) is 0.938. The first kappa shape index (κ1) is 14.2. The van der Waals surface area contributed by atoms with Crippen molar-refractivity contribution >= 4 is 0 Å². The van der Waals surface area contributed by atoms with Crippen molar-refractivity contribution in [2.75, 3.05) is 13.1 Å². The van der Waals surface area contributed by atoms with Gasteiger partial charge in [-0.05, 0) is 25.5 Å². The third-order valence-corrected chi connectivity index (χ3v) is 4.10. The highest BCUT2D eigenvalue weighted by molar-refractivity contribution is 5.20. The van der Waals surface area contributed by atoms with E-state index < -0.39 is 0 Å². The summed E-state index contributed by atoms with van der Waals surface area (Å²) in [6.45, 7) is 7.10. The van der Waals surface area contributed by atoms with Crippen LogP contribution in [0.1, 0.15) is 30.0 Å². The molecule has 0 bridgehead atoms. The average molecular weight is 282 g/mol. The summed E-state index contributed by atoms with van der Waals surface area (Å²) in [6.07, 6.45) is 1.85. The molecule has 110 valence electrons. The molecule has 1 aliphatic rings. The number of nitrogens with one attached hydrogen (secondary N) is 1. The highest BCUT2D eigenvalue weighted by Gasteiger charge is 2.26. The fourth-order valence-corrected chi connectivity index (χ4v) is 2.85. The minimum Gasteiger partial charge on any atom is -0.307 e. The Labute approximate surface area is 126 Å². The molecule has 1 fully saturated rings. The van der Waals surface area contributed by atoms with Gasteiger partial charge in [0.2, 0.25) is 0 Å². The number of nitrogens with zero attached hydrogens (tertiary/aromatic N) is 3. The van der Waals surface area contributed by atoms with Crippen LogP contribution >= 0.6 is 0 Å². The maximum absolute atomic E-state index is 4.53. The van der Waals surface area contributed by atoms with E-state index in [1.165, 1.54) is 5.56 Å². The topological polar surface area (TPSA) is 41.1 Å². The Morgan fingerprint density at radius 1 is 1.24 bits per heavy atom. The molecule has 0 saturated carbocycles. The molecular weight excluding hydrogens is 260 g/mol. The maximum Gasteiger partial charge on any atom is 0.125 e. The molecule has 1 aromatic carbocycles. The van der Waals surface area contributed by atoms with Gasteiger partial charge in [-0.15, -0.1) is 0 Å². The predicted octanol–water partition coefficient (Wildman–Crippen LogP) is 2.32. The monoisotopic (exact) mass is 282 g/mol. The van der Waals surface area contributed by atoms with E-state index >= 15 is 0 Å². The molecule has 0 spiro atoms. The highest BCUT2D eigenvalue weighted by atomic mass is 15.2. The number of aromatic nitrogens is 2. The molecule has 0 amide bonds. The van der Waals surface area contributed by atoms with Gasteiger partial charge in [0.1, 0.15) is 5.82 Å². The number of hydrogen-bond acceptors (Lipinski definition) is 4. The predicted molar refractivity (Wildman–Crippen MR) is 83.8 cm³/mol. The minimum atomic E-state index is 0.394. The standard InChI is InChI=1S/C17H22N4/c1-13-10-19-17(15-6-4-3-5-7-15)12-21(13)11-16-8-9-18-14(2)20-16/h3-9,13,17,19H,10-12H2,1-2H3. The number of rotatable bonds is 3. The number of hydrogen-bond donors (Lipinski definition) is 1. The zero-order chi connectivity index (χ0) is 14.7. The second-order valence-corrected chi connectivity index (χ2v) is 5.75. The van der Waals surface area contributed by atoms with E-state index in [1.54, 1.807) is 0 Å². The van der Waals surface area contributed by atoms with Crippen LogP contribution in [0, 0.1) is 6.92 Å². The lowest BCUT2D eigenvalue weighted by Crippen LogP contribution is -2.50. The second kappa shape index (κ2) is 6.33. The van der Waals surface area contributed by atoms with Crippen LogP contribution < -0.4 is 5.32 Å². The molecule has 0 radical (unpaired) electrons. The van der Waals surface area contributed by atoms with Gasteiger partial charge < -0.3 is 5.32 Å². The van der Waals surface area contributed by atoms with Gasteiger partial charge in [-0.3, -0.25) is 4.90 Å². The lowest BCUT2D eigenvalue weighted by Gasteiger charge is -2.38. The Morgan fingerprint density at radius 3 is 2.81 bits per heavy atom. The zero-order valence-corrected chi connectivity index (χ0v) is 12.7. The van der Waals surface area contributed by atoms with E-state index in [2.05, 4.69) is 57.4 Å². The Morgan fingerprint density at radius 2 is 2.05 bits per heavy atom. The van der Waals surface area contributed by atoms with Crippen molar-refractivity contribution in [3.63, 3.8) is 0 Å². The van der Waals surface area contributed by atoms with Crippen molar-refractivity contribution in [2.24, 2.45) is 0 Å². The molecule has 2 atom stereocenters. The second-order valence-electron chi connectivity index (χ2n) is 5.75. The molecule has 0 aliphatic carbocycles. The van der Waals surface area contributed by atoms with E-state index in [1.807, 2.05) is 19.2 Å². The van der Waals surface area contributed by atoms with Crippen molar-refractivity contribution in [1.29, 1.82) is 0 Å². The van der Waals surface area contributed by atoms with Crippen LogP contribution in [0.25, 0.3) is 0 Å². The van der Waals surface area contributed by atoms with E-state index in [0.717, 1.165) is 31.2 Å². The van der Waals surface area contributed by atoms with E-state index in [9.17, 15) is 0 Å². The molecular formula is C17H22N4. The van der Waals surface area contributed by atoms with Gasteiger partial charge in [-0.1, -0.05) is 30.3 Å². The Hall–Kier alpha value is -1.78. The summed E-state index contributed by atoms with van der Waals surface area (Å²) in [7, 11) is 0. The van der Waals surface area contributed by atoms with Gasteiger partial charge in [0, 0.05) is 37.9 Å². The molecule has 2 unspecified atom stereocenters. The summed E-state index contributed by atoms with van der Waals surface area (Å²) in [6, 6.07) is 13.6. The fourth-order valence-electron chi connectivity index (χ4n) is 2.85. The highest BCUT2D eigenvalue weighted by Crippen LogP contribution is 2.21. The van der Waals surface area contributed by atoms with Crippen molar-refractivity contribution in [3.05, 3.63) is 59.7 Å². The summed E-state index contributed by atoms with van der Waals surface area (Å²) >= 11 is 0. The van der Waals surface area contributed by atoms with Crippen LogP contribution in [0.2, 0.25) is 0 Å². The Bertz CT molecular complexity index is 584. The fraction of sp³-hybridized carbons (Fsp3) is 0.412. The van der Waals surface area contributed by atoms with Crippen LogP contribution in [0.3, 0.4) is 0 Å². The first-order chi connectivity index (χ1) is 10.2. The number of piperazine rings is 1. The van der Waals surface area contributed by atoms with E-state index in [4.69, 9.17) is 0 Å². The van der Waals surface area contributed by atoms with Crippen LogP contribution in [0.4, 0.5) is 0 Å². The van der Waals surface area contributed by atoms with Crippen LogP contribution in [0.15, 0.2) is 42.6 Å². The molecule has 1 N–H and O–H groups in total. The summed E-state index contributed by atoms with van der Waals surface area (Å²) in [4.78, 5) is 11.2. The summed E-state index contributed by atoms with van der Waals surface area (Å²) in [5.41, 5.74) is 2.45. The number of aryl methyl sites for hydroxylation is 1. The van der Waals surface area contributed by atoms with Crippen molar-refractivity contribution in [1.82, 2.24) is 20.2 Å². The molecule has 1 aliphatic heterocycles. The Kier molecular flexibility index (Phi) is 4.27. The van der Waals surface area contributed by atoms with Crippen LogP contribution in [-0.2, 0) is 6.54 Å². The maximum atomic E-state index is 4.53. The minimum absolute atomic E-state index is 0.394. The van der Waals surface area contributed by atoms with Gasteiger partial charge in [0.15, 0.2) is 0 Å². The lowest BCUT2D eigenvalue weighted by molar-refractivity contribution is 0.132. The van der Waals surface area contributed by atoms with Crippen molar-refractivity contribution in [3.8, 4) is 0 Å². The molecule has 1 aromatic heterocycles. The van der Waals surface area contributed by atoms with E-state index in [0.29, 0.717) is 12.1 Å². The summed E-state index contributed by atoms with van der Waals surface area (Å²) in [5, 5.41) is 3.64. The Balaban J connectivity index is 1.72. The molecule has 1 saturated heterocycles.